The number of hydrogen-bond donors (Lipinski definition) is 3. The molecule has 0 saturated carbocycles. The number of amides is 5. The van der Waals surface area contributed by atoms with E-state index in [9.17, 15) is 33.1 Å². The van der Waals surface area contributed by atoms with E-state index >= 15 is 0 Å². The first-order valence-corrected chi connectivity index (χ1v) is 21.2. The number of aromatic hydroxyl groups is 1. The van der Waals surface area contributed by atoms with Gasteiger partial charge in [0.25, 0.3) is 5.91 Å². The highest BCUT2D eigenvalue weighted by atomic mass is 19.1. The molecule has 5 amide bonds. The zero-order valence-corrected chi connectivity index (χ0v) is 34.3. The number of hydrogen-bond acceptors (Lipinski definition) is 11. The highest BCUT2D eigenvalue weighted by molar-refractivity contribution is 6.05. The van der Waals surface area contributed by atoms with E-state index in [4.69, 9.17) is 0 Å². The van der Waals surface area contributed by atoms with E-state index in [1.807, 2.05) is 21.9 Å². The van der Waals surface area contributed by atoms with Gasteiger partial charge in [-0.2, -0.15) is 0 Å². The fourth-order valence-electron chi connectivity index (χ4n) is 10.6. The van der Waals surface area contributed by atoms with Crippen molar-refractivity contribution in [2.45, 2.75) is 83.1 Å². The van der Waals surface area contributed by atoms with Crippen molar-refractivity contribution in [2.24, 2.45) is 5.92 Å². The number of fused-ring (bicyclic) bond motifs is 4. The molecular formula is C43H52F2N10O5. The molecule has 3 N–H and O–H groups in total. The van der Waals surface area contributed by atoms with E-state index < -0.39 is 34.9 Å². The summed E-state index contributed by atoms with van der Waals surface area (Å²) in [4.78, 5) is 64.6. The van der Waals surface area contributed by atoms with Gasteiger partial charge in [0.05, 0.1) is 16.9 Å². The first-order valence-electron chi connectivity index (χ1n) is 21.2. The minimum Gasteiger partial charge on any atom is -0.504 e. The van der Waals surface area contributed by atoms with Crippen molar-refractivity contribution in [3.05, 3.63) is 59.2 Å². The van der Waals surface area contributed by atoms with Gasteiger partial charge in [0.1, 0.15) is 11.9 Å². The fraction of sp³-hybridized carbons (Fsp3) is 0.535. The van der Waals surface area contributed by atoms with Crippen molar-refractivity contribution in [1.82, 2.24) is 35.1 Å². The molecule has 0 aliphatic carbocycles. The molecule has 0 unspecified atom stereocenters. The Morgan fingerprint density at radius 1 is 0.950 bits per heavy atom. The predicted molar refractivity (Wildman–Crippen MR) is 220 cm³/mol. The third-order valence-electron chi connectivity index (χ3n) is 13.8. The molecule has 4 atom stereocenters. The number of rotatable bonds is 6. The van der Waals surface area contributed by atoms with Crippen LogP contribution in [-0.2, 0) is 16.1 Å². The van der Waals surface area contributed by atoms with E-state index in [2.05, 4.69) is 62.4 Å². The fourth-order valence-corrected chi connectivity index (χ4v) is 10.6. The maximum atomic E-state index is 14.4. The van der Waals surface area contributed by atoms with Crippen LogP contribution in [0, 0.1) is 17.6 Å². The third-order valence-corrected chi connectivity index (χ3v) is 13.8. The predicted octanol–water partition coefficient (Wildman–Crippen LogP) is 4.02. The molecule has 2 aromatic carbocycles. The third kappa shape index (κ3) is 7.03. The number of nitrogens with one attached hydrogen (secondary N) is 2. The molecule has 0 spiro atoms. The number of urea groups is 1. The van der Waals surface area contributed by atoms with Gasteiger partial charge in [-0.3, -0.25) is 24.6 Å². The molecular weight excluding hydrogens is 775 g/mol. The molecule has 15 nitrogen and oxygen atoms in total. The Morgan fingerprint density at radius 2 is 1.72 bits per heavy atom. The van der Waals surface area contributed by atoms with Crippen molar-refractivity contribution in [3.63, 3.8) is 0 Å². The molecule has 3 aromatic rings. The molecule has 0 bridgehead atoms. The summed E-state index contributed by atoms with van der Waals surface area (Å²) in [5.41, 5.74) is 2.89. The van der Waals surface area contributed by atoms with Crippen LogP contribution >= 0.6 is 0 Å². The van der Waals surface area contributed by atoms with Gasteiger partial charge >= 0.3 is 6.03 Å². The maximum Gasteiger partial charge on any atom is 0.320 e. The number of carbonyl (C=O) groups excluding carboxylic acids is 4. The Morgan fingerprint density at radius 3 is 2.45 bits per heavy atom. The minimum atomic E-state index is -1.07. The highest BCUT2D eigenvalue weighted by Gasteiger charge is 2.48. The monoisotopic (exact) mass is 826 g/mol. The second-order valence-corrected chi connectivity index (χ2v) is 17.5. The van der Waals surface area contributed by atoms with E-state index in [0.29, 0.717) is 68.2 Å². The second kappa shape index (κ2) is 15.5. The van der Waals surface area contributed by atoms with Gasteiger partial charge in [0.2, 0.25) is 11.8 Å². The van der Waals surface area contributed by atoms with Gasteiger partial charge in [0.15, 0.2) is 17.4 Å². The molecule has 318 valence electrons. The number of benzene rings is 2. The topological polar surface area (TPSA) is 158 Å². The van der Waals surface area contributed by atoms with Gasteiger partial charge in [0, 0.05) is 107 Å². The normalized spacial score (nSPS) is 26.1. The largest absolute Gasteiger partial charge is 0.504 e. The average molecular weight is 827 g/mol. The lowest BCUT2D eigenvalue weighted by molar-refractivity contribution is -0.136. The summed E-state index contributed by atoms with van der Waals surface area (Å²) in [6.45, 7) is 13.1. The molecule has 60 heavy (non-hydrogen) atoms. The first kappa shape index (κ1) is 39.9. The van der Waals surface area contributed by atoms with Gasteiger partial charge < -0.3 is 34.9 Å². The molecule has 9 rings (SSSR count). The number of carbonyl (C=O) groups is 4. The van der Waals surface area contributed by atoms with E-state index in [0.717, 1.165) is 69.3 Å². The Kier molecular flexibility index (Phi) is 10.3. The Labute approximate surface area is 347 Å². The average Bonchev–Trinajstić information content (AvgIpc) is 3.56. The summed E-state index contributed by atoms with van der Waals surface area (Å²) in [6, 6.07) is 8.84. The lowest BCUT2D eigenvalue weighted by atomic mass is 9.87. The van der Waals surface area contributed by atoms with Crippen molar-refractivity contribution in [3.8, 4) is 17.0 Å². The van der Waals surface area contributed by atoms with E-state index in [1.54, 1.807) is 11.0 Å². The smallest absolute Gasteiger partial charge is 0.320 e. The summed E-state index contributed by atoms with van der Waals surface area (Å²) in [6.07, 6.45) is 3.34. The van der Waals surface area contributed by atoms with Gasteiger partial charge in [-0.15, -0.1) is 10.2 Å². The van der Waals surface area contributed by atoms with E-state index in [-0.39, 0.29) is 47.6 Å². The zero-order chi connectivity index (χ0) is 42.0. The molecule has 0 radical (unpaired) electrons. The maximum absolute atomic E-state index is 14.4. The minimum absolute atomic E-state index is 0.0167. The van der Waals surface area contributed by atoms with Crippen LogP contribution in [0.2, 0.25) is 0 Å². The molecule has 1 aromatic heterocycles. The summed E-state index contributed by atoms with van der Waals surface area (Å²) < 4.78 is 28.4. The van der Waals surface area contributed by atoms with Crippen LogP contribution in [0.1, 0.15) is 68.8 Å². The van der Waals surface area contributed by atoms with Crippen molar-refractivity contribution in [2.75, 3.05) is 74.0 Å². The van der Waals surface area contributed by atoms with Crippen LogP contribution in [0.25, 0.3) is 11.3 Å². The van der Waals surface area contributed by atoms with Crippen LogP contribution in [-0.4, -0.2) is 141 Å². The summed E-state index contributed by atoms with van der Waals surface area (Å²) >= 11 is 0. The van der Waals surface area contributed by atoms with Crippen LogP contribution in [0.3, 0.4) is 0 Å². The molecule has 7 heterocycles. The number of phenols is 1. The number of piperidine rings is 2. The zero-order valence-electron chi connectivity index (χ0n) is 34.3. The number of halogens is 2. The number of aromatic nitrogens is 2. The van der Waals surface area contributed by atoms with Crippen LogP contribution in [0.15, 0.2) is 36.4 Å². The Bertz CT molecular complexity index is 2230. The van der Waals surface area contributed by atoms with Crippen molar-refractivity contribution < 1.29 is 33.1 Å². The first-order chi connectivity index (χ1) is 28.8. The lowest BCUT2D eigenvalue weighted by Gasteiger charge is -2.55. The standard InChI is InChI=1S/C43H52F2N10O5/c1-4-43-23-46-39-36(18-34(48-49-39)32-15-29(44)16-33(45)38(32)57)54(43)14-13-52(24-43)42(60)55-25(2)19-50(20-26(55)3)21-27-9-11-51(12-10-27)30-6-5-28-22-53(41(59)31(28)17-30)35-7-8-37(56)47-40(35)58/h5-6,15-18,25-27,35,57H,4,7-14,19-24H2,1-3H3,(H,46,49)(H,47,56,58)/t25-,26+,35-,43+/m0/s1. The molecule has 6 aliphatic rings. The highest BCUT2D eigenvalue weighted by Crippen LogP contribution is 2.42. The quantitative estimate of drug-likeness (QED) is 0.309. The Hall–Kier alpha value is -5.58. The number of piperazine rings is 2. The van der Waals surface area contributed by atoms with Gasteiger partial charge in [-0.25, -0.2) is 13.6 Å². The number of phenolic OH excluding ortho intramolecular Hbond substituents is 1. The van der Waals surface area contributed by atoms with Crippen molar-refractivity contribution >= 4 is 40.9 Å². The molecule has 6 aliphatic heterocycles. The second-order valence-electron chi connectivity index (χ2n) is 17.5. The SMILES string of the molecule is CC[C@]12CNc3nnc(-c4cc(F)cc(F)c4O)cc3N1CCN(C(=O)N1[C@H](C)CN(CC3CCN(c4ccc5c(c4)C(=O)N([C@H]4CCC(=O)NC4=O)C5)CC3)C[C@@H]1C)C2. The summed E-state index contributed by atoms with van der Waals surface area (Å²) in [5, 5.41) is 24.6. The molecule has 4 fully saturated rings. The lowest BCUT2D eigenvalue weighted by Crippen LogP contribution is -2.70. The number of nitrogens with zero attached hydrogens (tertiary/aromatic N) is 8. The van der Waals surface area contributed by atoms with Crippen LogP contribution < -0.4 is 20.4 Å². The van der Waals surface area contributed by atoms with Gasteiger partial charge in [-0.05, 0) is 75.3 Å². The van der Waals surface area contributed by atoms with E-state index in [1.165, 1.54) is 0 Å². The molecule has 17 heteroatoms. The number of anilines is 3. The summed E-state index contributed by atoms with van der Waals surface area (Å²) in [7, 11) is 0. The van der Waals surface area contributed by atoms with Crippen LogP contribution in [0.4, 0.5) is 30.8 Å². The van der Waals surface area contributed by atoms with Crippen LogP contribution in [0.5, 0.6) is 5.75 Å². The van der Waals surface area contributed by atoms with Gasteiger partial charge in [-0.1, -0.05) is 13.0 Å². The Balaban J connectivity index is 0.796. The van der Waals surface area contributed by atoms with Crippen molar-refractivity contribution in [1.29, 1.82) is 0 Å². The summed E-state index contributed by atoms with van der Waals surface area (Å²) in [5.74, 6) is -2.38. The number of imide groups is 1. The molecule has 4 saturated heterocycles.